The van der Waals surface area contributed by atoms with Gasteiger partial charge in [0.15, 0.2) is 0 Å². The molecule has 104 valence electrons. The van der Waals surface area contributed by atoms with E-state index in [1.54, 1.807) is 36.4 Å². The first-order chi connectivity index (χ1) is 9.49. The van der Waals surface area contributed by atoms with Gasteiger partial charge in [-0.05, 0) is 24.6 Å². The van der Waals surface area contributed by atoms with E-state index in [2.05, 4.69) is 0 Å². The molecule has 0 aliphatic rings. The van der Waals surface area contributed by atoms with Crippen molar-refractivity contribution in [2.24, 2.45) is 0 Å². The second kappa shape index (κ2) is 5.83. The van der Waals surface area contributed by atoms with Crippen LogP contribution in [0.4, 0.5) is 11.4 Å². The van der Waals surface area contributed by atoms with Crippen molar-refractivity contribution in [3.63, 3.8) is 0 Å². The lowest BCUT2D eigenvalue weighted by molar-refractivity contribution is -0.385. The molecule has 0 bridgehead atoms. The molecule has 0 aliphatic heterocycles. The molecule has 2 aromatic carbocycles. The number of hydrogen-bond donors (Lipinski definition) is 1. The summed E-state index contributed by atoms with van der Waals surface area (Å²) in [5.41, 5.74) is 7.53. The lowest BCUT2D eigenvalue weighted by Gasteiger charge is -2.07. The summed E-state index contributed by atoms with van der Waals surface area (Å²) >= 11 is 0. The van der Waals surface area contributed by atoms with Crippen LogP contribution in [0.3, 0.4) is 0 Å². The third-order valence-corrected chi connectivity index (χ3v) is 4.44. The van der Waals surface area contributed by atoms with E-state index < -0.39 is 15.7 Å². The van der Waals surface area contributed by atoms with E-state index in [0.717, 1.165) is 5.56 Å². The Kier molecular flexibility index (Phi) is 4.14. The first-order valence-electron chi connectivity index (χ1n) is 5.96. The molecule has 0 radical (unpaired) electrons. The van der Waals surface area contributed by atoms with Crippen molar-refractivity contribution in [1.82, 2.24) is 0 Å². The van der Waals surface area contributed by atoms with Gasteiger partial charge in [0.25, 0.3) is 5.69 Å². The molecule has 0 heterocycles. The minimum Gasteiger partial charge on any atom is -0.399 e. The van der Waals surface area contributed by atoms with Crippen LogP contribution >= 0.6 is 0 Å². The molecular formula is C14H14N2O3S. The van der Waals surface area contributed by atoms with Crippen LogP contribution in [-0.2, 0) is 16.6 Å². The third kappa shape index (κ3) is 3.03. The van der Waals surface area contributed by atoms with E-state index >= 15 is 0 Å². The Morgan fingerprint density at radius 2 is 1.95 bits per heavy atom. The molecule has 0 aromatic heterocycles. The van der Waals surface area contributed by atoms with Crippen molar-refractivity contribution in [2.75, 3.05) is 5.73 Å². The first kappa shape index (κ1) is 14.2. The minimum absolute atomic E-state index is 0.0117. The van der Waals surface area contributed by atoms with Crippen LogP contribution in [0.15, 0.2) is 47.4 Å². The highest BCUT2D eigenvalue weighted by molar-refractivity contribution is 7.84. The summed E-state index contributed by atoms with van der Waals surface area (Å²) in [6.07, 6.45) is 0. The standard InChI is InChI=1S/C14H14N2O3S/c1-10-6-7-12(15)8-14(10)20(19)9-11-4-2-3-5-13(11)16(17)18/h2-8H,9,15H2,1H3. The molecule has 2 rings (SSSR count). The maximum Gasteiger partial charge on any atom is 0.273 e. The fourth-order valence-electron chi connectivity index (χ4n) is 1.89. The Bertz CT molecular complexity index is 686. The Morgan fingerprint density at radius 1 is 1.25 bits per heavy atom. The Labute approximate surface area is 119 Å². The number of para-hydroxylation sites is 1. The number of hydrogen-bond acceptors (Lipinski definition) is 4. The van der Waals surface area contributed by atoms with Gasteiger partial charge in [0, 0.05) is 22.2 Å². The molecule has 0 spiro atoms. The van der Waals surface area contributed by atoms with E-state index in [-0.39, 0.29) is 11.4 Å². The van der Waals surface area contributed by atoms with Gasteiger partial charge in [0.2, 0.25) is 0 Å². The van der Waals surface area contributed by atoms with E-state index in [0.29, 0.717) is 16.1 Å². The predicted octanol–water partition coefficient (Wildman–Crippen LogP) is 2.79. The molecule has 6 heteroatoms. The highest BCUT2D eigenvalue weighted by Crippen LogP contribution is 2.24. The first-order valence-corrected chi connectivity index (χ1v) is 7.27. The van der Waals surface area contributed by atoms with Gasteiger partial charge >= 0.3 is 0 Å². The Balaban J connectivity index is 2.33. The van der Waals surface area contributed by atoms with Gasteiger partial charge < -0.3 is 5.73 Å². The van der Waals surface area contributed by atoms with E-state index in [1.165, 1.54) is 6.07 Å². The summed E-state index contributed by atoms with van der Waals surface area (Å²) in [5.74, 6) is 0.0987. The zero-order valence-corrected chi connectivity index (χ0v) is 11.7. The average Bonchev–Trinajstić information content (AvgIpc) is 2.41. The van der Waals surface area contributed by atoms with E-state index in [9.17, 15) is 14.3 Å². The maximum atomic E-state index is 12.4. The second-order valence-corrected chi connectivity index (χ2v) is 5.82. The Morgan fingerprint density at radius 3 is 2.65 bits per heavy atom. The van der Waals surface area contributed by atoms with Gasteiger partial charge in [-0.15, -0.1) is 0 Å². The van der Waals surface area contributed by atoms with E-state index in [1.807, 2.05) is 6.92 Å². The normalized spacial score (nSPS) is 12.1. The number of rotatable bonds is 4. The molecule has 2 N–H and O–H groups in total. The van der Waals surface area contributed by atoms with Crippen molar-refractivity contribution in [3.05, 3.63) is 63.7 Å². The quantitative estimate of drug-likeness (QED) is 0.533. The van der Waals surface area contributed by atoms with Crippen LogP contribution in [0.2, 0.25) is 0 Å². The SMILES string of the molecule is Cc1ccc(N)cc1S(=O)Cc1ccccc1[N+](=O)[O-]. The summed E-state index contributed by atoms with van der Waals surface area (Å²) in [6, 6.07) is 11.5. The molecule has 0 amide bonds. The van der Waals surface area contributed by atoms with Crippen molar-refractivity contribution in [1.29, 1.82) is 0 Å². The predicted molar refractivity (Wildman–Crippen MR) is 78.8 cm³/mol. The number of nitrogen functional groups attached to an aromatic ring is 1. The van der Waals surface area contributed by atoms with Crippen LogP contribution in [0, 0.1) is 17.0 Å². The minimum atomic E-state index is -1.37. The topological polar surface area (TPSA) is 86.2 Å². The molecule has 5 nitrogen and oxygen atoms in total. The molecule has 0 aliphatic carbocycles. The van der Waals surface area contributed by atoms with Gasteiger partial charge in [0.05, 0.1) is 21.5 Å². The molecule has 1 unspecified atom stereocenters. The molecule has 0 fully saturated rings. The van der Waals surface area contributed by atoms with Gasteiger partial charge in [-0.1, -0.05) is 24.3 Å². The molecular weight excluding hydrogens is 276 g/mol. The molecule has 20 heavy (non-hydrogen) atoms. The summed E-state index contributed by atoms with van der Waals surface area (Å²) in [4.78, 5) is 11.1. The highest BCUT2D eigenvalue weighted by atomic mass is 32.2. The van der Waals surface area contributed by atoms with Crippen LogP contribution < -0.4 is 5.73 Å². The number of nitro groups is 1. The lowest BCUT2D eigenvalue weighted by Crippen LogP contribution is -2.02. The molecule has 2 aromatic rings. The van der Waals surface area contributed by atoms with Crippen LogP contribution in [0.5, 0.6) is 0 Å². The van der Waals surface area contributed by atoms with Gasteiger partial charge in [0.1, 0.15) is 0 Å². The number of nitro benzene ring substituents is 1. The number of anilines is 1. The fraction of sp³-hybridized carbons (Fsp3) is 0.143. The fourth-order valence-corrected chi connectivity index (χ4v) is 3.27. The van der Waals surface area contributed by atoms with Crippen molar-refractivity contribution < 1.29 is 9.13 Å². The lowest BCUT2D eigenvalue weighted by atomic mass is 10.2. The smallest absolute Gasteiger partial charge is 0.273 e. The summed E-state index contributed by atoms with van der Waals surface area (Å²) < 4.78 is 12.4. The number of benzene rings is 2. The number of nitrogens with zero attached hydrogens (tertiary/aromatic N) is 1. The van der Waals surface area contributed by atoms with Gasteiger partial charge in [-0.25, -0.2) is 0 Å². The molecule has 0 saturated heterocycles. The summed E-state index contributed by atoms with van der Waals surface area (Å²) in [6.45, 7) is 1.84. The summed E-state index contributed by atoms with van der Waals surface area (Å²) in [7, 11) is -1.37. The summed E-state index contributed by atoms with van der Waals surface area (Å²) in [5, 5.41) is 10.9. The van der Waals surface area contributed by atoms with Crippen LogP contribution in [-0.4, -0.2) is 9.13 Å². The Hall–Kier alpha value is -2.21. The highest BCUT2D eigenvalue weighted by Gasteiger charge is 2.16. The molecule has 0 saturated carbocycles. The van der Waals surface area contributed by atoms with Crippen LogP contribution in [0.1, 0.15) is 11.1 Å². The monoisotopic (exact) mass is 290 g/mol. The van der Waals surface area contributed by atoms with Crippen molar-refractivity contribution in [3.8, 4) is 0 Å². The third-order valence-electron chi connectivity index (χ3n) is 2.93. The number of aryl methyl sites for hydroxylation is 1. The maximum absolute atomic E-state index is 12.4. The average molecular weight is 290 g/mol. The second-order valence-electron chi connectivity index (χ2n) is 4.40. The largest absolute Gasteiger partial charge is 0.399 e. The van der Waals surface area contributed by atoms with Crippen molar-refractivity contribution in [2.45, 2.75) is 17.6 Å². The van der Waals surface area contributed by atoms with Crippen molar-refractivity contribution >= 4 is 22.2 Å². The van der Waals surface area contributed by atoms with Gasteiger partial charge in [-0.2, -0.15) is 0 Å². The van der Waals surface area contributed by atoms with Gasteiger partial charge in [-0.3, -0.25) is 14.3 Å². The zero-order valence-electron chi connectivity index (χ0n) is 10.9. The van der Waals surface area contributed by atoms with Crippen LogP contribution in [0.25, 0.3) is 0 Å². The zero-order chi connectivity index (χ0) is 14.7. The number of nitrogens with two attached hydrogens (primary N) is 1. The molecule has 1 atom stereocenters. The van der Waals surface area contributed by atoms with E-state index in [4.69, 9.17) is 5.73 Å².